The number of nitrogens with two attached hydrogens (primary N) is 1. The van der Waals surface area contributed by atoms with Crippen molar-refractivity contribution in [3.05, 3.63) is 21.9 Å². The van der Waals surface area contributed by atoms with Crippen molar-refractivity contribution in [2.24, 2.45) is 11.7 Å². The molecule has 1 amide bonds. The Balaban J connectivity index is 1.89. The maximum Gasteiger partial charge on any atom is 0.331 e. The highest BCUT2D eigenvalue weighted by Crippen LogP contribution is 2.36. The Morgan fingerprint density at radius 3 is 2.85 bits per heavy atom. The van der Waals surface area contributed by atoms with E-state index in [1.165, 1.54) is 4.90 Å². The quantitative estimate of drug-likeness (QED) is 0.863. The highest BCUT2D eigenvalue weighted by atomic mass is 32.1. The number of carbonyl (C=O) groups excluding carboxylic acids is 1. The van der Waals surface area contributed by atoms with Crippen molar-refractivity contribution in [1.29, 1.82) is 0 Å². The topological polar surface area (TPSA) is 83.6 Å². The molecule has 0 aromatic carbocycles. The second kappa shape index (κ2) is 5.18. The fraction of sp³-hybridized carbons (Fsp3) is 0.571. The summed E-state index contributed by atoms with van der Waals surface area (Å²) in [6.07, 6.45) is 3.32. The third-order valence-electron chi connectivity index (χ3n) is 4.37. The molecule has 2 aliphatic rings. The predicted molar refractivity (Wildman–Crippen MR) is 75.4 cm³/mol. The zero-order chi connectivity index (χ0) is 14.3. The molecular formula is C14H18N2O3S. The molecule has 3 unspecified atom stereocenters. The number of rotatable bonds is 2. The van der Waals surface area contributed by atoms with Crippen LogP contribution in [0, 0.1) is 5.92 Å². The van der Waals surface area contributed by atoms with Crippen molar-refractivity contribution in [3.63, 3.8) is 0 Å². The van der Waals surface area contributed by atoms with Gasteiger partial charge in [0, 0.05) is 17.5 Å². The van der Waals surface area contributed by atoms with Crippen molar-refractivity contribution >= 4 is 23.2 Å². The summed E-state index contributed by atoms with van der Waals surface area (Å²) in [6.45, 7) is 0.479. The van der Waals surface area contributed by atoms with Gasteiger partial charge >= 0.3 is 5.97 Å². The summed E-state index contributed by atoms with van der Waals surface area (Å²) in [6, 6.07) is 0.860. The first-order valence-electron chi connectivity index (χ1n) is 6.94. The number of carbonyl (C=O) groups is 2. The number of nitrogens with zero attached hydrogens (tertiary/aromatic N) is 1. The minimum atomic E-state index is -0.954. The zero-order valence-corrected chi connectivity index (χ0v) is 11.9. The molecule has 0 saturated heterocycles. The Kier molecular flexibility index (Phi) is 3.52. The van der Waals surface area contributed by atoms with Crippen LogP contribution < -0.4 is 5.73 Å². The van der Waals surface area contributed by atoms with Gasteiger partial charge in [0.05, 0.1) is 5.92 Å². The molecule has 6 heteroatoms. The van der Waals surface area contributed by atoms with Gasteiger partial charge in [-0.2, -0.15) is 0 Å². The monoisotopic (exact) mass is 294 g/mol. The van der Waals surface area contributed by atoms with Crippen LogP contribution in [0.3, 0.4) is 0 Å². The Labute approximate surface area is 121 Å². The van der Waals surface area contributed by atoms with Crippen molar-refractivity contribution in [2.75, 3.05) is 6.54 Å². The van der Waals surface area contributed by atoms with Gasteiger partial charge in [0.2, 0.25) is 5.91 Å². The lowest BCUT2D eigenvalue weighted by Gasteiger charge is -2.35. The van der Waals surface area contributed by atoms with Gasteiger partial charge in [0.15, 0.2) is 6.04 Å². The van der Waals surface area contributed by atoms with E-state index in [1.54, 1.807) is 11.3 Å². The Morgan fingerprint density at radius 2 is 2.20 bits per heavy atom. The maximum absolute atomic E-state index is 12.6. The molecule has 1 aromatic heterocycles. The number of amides is 1. The molecule has 2 heterocycles. The standard InChI is InChI=1S/C14H18N2O3S/c15-10-3-1-2-8(10)13(17)16-6-4-11-9(5-7-20-11)12(16)14(18)19/h5,7-8,10,12H,1-4,6,15H2,(H,18,19). The van der Waals surface area contributed by atoms with E-state index in [4.69, 9.17) is 5.73 Å². The van der Waals surface area contributed by atoms with Crippen LogP contribution in [0.25, 0.3) is 0 Å². The number of hydrogen-bond donors (Lipinski definition) is 2. The van der Waals surface area contributed by atoms with Gasteiger partial charge in [0.1, 0.15) is 0 Å². The number of aliphatic carboxylic acids is 1. The van der Waals surface area contributed by atoms with Crippen LogP contribution in [-0.4, -0.2) is 34.5 Å². The van der Waals surface area contributed by atoms with E-state index in [-0.39, 0.29) is 17.9 Å². The lowest BCUT2D eigenvalue weighted by Crippen LogP contribution is -2.48. The smallest absolute Gasteiger partial charge is 0.331 e. The normalized spacial score (nSPS) is 29.2. The third kappa shape index (κ3) is 2.13. The van der Waals surface area contributed by atoms with Crippen LogP contribution in [0.2, 0.25) is 0 Å². The molecule has 1 aromatic rings. The van der Waals surface area contributed by atoms with Gasteiger partial charge in [0.25, 0.3) is 0 Å². The van der Waals surface area contributed by atoms with Crippen molar-refractivity contribution in [3.8, 4) is 0 Å². The summed E-state index contributed by atoms with van der Waals surface area (Å²) in [5.74, 6) is -1.25. The molecular weight excluding hydrogens is 276 g/mol. The Bertz CT molecular complexity index is 542. The second-order valence-corrected chi connectivity index (χ2v) is 6.52. The summed E-state index contributed by atoms with van der Waals surface area (Å²) < 4.78 is 0. The summed E-state index contributed by atoms with van der Waals surface area (Å²) in [7, 11) is 0. The third-order valence-corrected chi connectivity index (χ3v) is 5.37. The summed E-state index contributed by atoms with van der Waals surface area (Å²) in [4.78, 5) is 26.9. The zero-order valence-electron chi connectivity index (χ0n) is 11.1. The lowest BCUT2D eigenvalue weighted by molar-refractivity contribution is -0.153. The molecule has 0 spiro atoms. The van der Waals surface area contributed by atoms with Crippen molar-refractivity contribution < 1.29 is 14.7 Å². The predicted octanol–water partition coefficient (Wildman–Crippen LogP) is 1.39. The Hall–Kier alpha value is -1.40. The lowest BCUT2D eigenvalue weighted by atomic mass is 9.95. The summed E-state index contributed by atoms with van der Waals surface area (Å²) >= 11 is 1.57. The minimum absolute atomic E-state index is 0.0840. The first kappa shape index (κ1) is 13.6. The summed E-state index contributed by atoms with van der Waals surface area (Å²) in [5, 5.41) is 11.4. The number of hydrogen-bond acceptors (Lipinski definition) is 4. The van der Waals surface area contributed by atoms with E-state index in [1.807, 2.05) is 11.4 Å². The SMILES string of the molecule is NC1CCCC1C(=O)N1CCc2sccc2C1C(=O)O. The first-order chi connectivity index (χ1) is 9.59. The molecule has 1 aliphatic carbocycles. The van der Waals surface area contributed by atoms with Crippen LogP contribution >= 0.6 is 11.3 Å². The molecule has 0 bridgehead atoms. The Morgan fingerprint density at radius 1 is 1.40 bits per heavy atom. The molecule has 1 aliphatic heterocycles. The van der Waals surface area contributed by atoms with E-state index >= 15 is 0 Å². The van der Waals surface area contributed by atoms with Gasteiger partial charge in [-0.1, -0.05) is 6.42 Å². The molecule has 3 rings (SSSR count). The van der Waals surface area contributed by atoms with E-state index in [2.05, 4.69) is 0 Å². The molecule has 1 fully saturated rings. The molecule has 108 valence electrons. The first-order valence-corrected chi connectivity index (χ1v) is 7.82. The van der Waals surface area contributed by atoms with Gasteiger partial charge in [-0.25, -0.2) is 4.79 Å². The van der Waals surface area contributed by atoms with Gasteiger partial charge in [-0.15, -0.1) is 11.3 Å². The number of thiophene rings is 1. The highest BCUT2D eigenvalue weighted by molar-refractivity contribution is 7.10. The van der Waals surface area contributed by atoms with Gasteiger partial charge in [-0.05, 0) is 36.3 Å². The molecule has 3 atom stereocenters. The fourth-order valence-electron chi connectivity index (χ4n) is 3.33. The molecule has 20 heavy (non-hydrogen) atoms. The highest BCUT2D eigenvalue weighted by Gasteiger charge is 2.41. The van der Waals surface area contributed by atoms with E-state index in [0.717, 1.165) is 36.1 Å². The second-order valence-electron chi connectivity index (χ2n) is 5.52. The maximum atomic E-state index is 12.6. The summed E-state index contributed by atoms with van der Waals surface area (Å²) in [5.41, 5.74) is 6.76. The van der Waals surface area contributed by atoms with Gasteiger partial charge in [-0.3, -0.25) is 4.79 Å². The van der Waals surface area contributed by atoms with Crippen LogP contribution in [0.15, 0.2) is 11.4 Å². The molecule has 0 radical (unpaired) electrons. The molecule has 5 nitrogen and oxygen atoms in total. The van der Waals surface area contributed by atoms with Crippen LogP contribution in [0.1, 0.15) is 35.7 Å². The number of carboxylic acids is 1. The van der Waals surface area contributed by atoms with E-state index in [0.29, 0.717) is 6.54 Å². The van der Waals surface area contributed by atoms with E-state index < -0.39 is 12.0 Å². The van der Waals surface area contributed by atoms with Crippen LogP contribution in [0.5, 0.6) is 0 Å². The molecule has 1 saturated carbocycles. The van der Waals surface area contributed by atoms with Crippen LogP contribution in [0.4, 0.5) is 0 Å². The van der Waals surface area contributed by atoms with Gasteiger partial charge < -0.3 is 15.7 Å². The van der Waals surface area contributed by atoms with Crippen LogP contribution in [-0.2, 0) is 16.0 Å². The number of carboxylic acid groups (broad SMARTS) is 1. The average Bonchev–Trinajstić information content (AvgIpc) is 3.04. The average molecular weight is 294 g/mol. The van der Waals surface area contributed by atoms with Crippen molar-refractivity contribution in [2.45, 2.75) is 37.8 Å². The molecule has 3 N–H and O–H groups in total. The largest absolute Gasteiger partial charge is 0.479 e. The number of fused-ring (bicyclic) bond motifs is 1. The van der Waals surface area contributed by atoms with E-state index in [9.17, 15) is 14.7 Å². The van der Waals surface area contributed by atoms with Crippen molar-refractivity contribution in [1.82, 2.24) is 4.90 Å². The minimum Gasteiger partial charge on any atom is -0.479 e. The fourth-order valence-corrected chi connectivity index (χ4v) is 4.23.